The molecular weight excluding hydrogens is 232 g/mol. The number of benzene rings is 1. The van der Waals surface area contributed by atoms with E-state index in [9.17, 15) is 0 Å². The predicted molar refractivity (Wildman–Crippen MR) is 72.2 cm³/mol. The zero-order valence-corrected chi connectivity index (χ0v) is 11.1. The summed E-state index contributed by atoms with van der Waals surface area (Å²) in [5.74, 6) is 0.894. The Balaban J connectivity index is 2.16. The minimum atomic E-state index is 0.894. The van der Waals surface area contributed by atoms with Crippen molar-refractivity contribution in [3.63, 3.8) is 0 Å². The average molecular weight is 248 g/mol. The molecular formula is C13H16N2OS. The number of rotatable bonds is 4. The van der Waals surface area contributed by atoms with E-state index in [1.165, 1.54) is 10.4 Å². The van der Waals surface area contributed by atoms with E-state index < -0.39 is 0 Å². The van der Waals surface area contributed by atoms with Crippen LogP contribution in [0.15, 0.2) is 24.3 Å². The number of thiazole rings is 1. The number of aryl methyl sites for hydroxylation is 1. The van der Waals surface area contributed by atoms with Crippen LogP contribution in [0.2, 0.25) is 0 Å². The van der Waals surface area contributed by atoms with Gasteiger partial charge in [-0.05, 0) is 24.6 Å². The summed E-state index contributed by atoms with van der Waals surface area (Å²) in [6.07, 6.45) is 0.926. The molecule has 0 aliphatic carbocycles. The molecule has 17 heavy (non-hydrogen) atoms. The summed E-state index contributed by atoms with van der Waals surface area (Å²) in [4.78, 5) is 5.75. The Bertz CT molecular complexity index is 491. The third kappa shape index (κ3) is 2.77. The molecule has 0 aliphatic rings. The summed E-state index contributed by atoms with van der Waals surface area (Å²) >= 11 is 1.71. The van der Waals surface area contributed by atoms with Crippen LogP contribution in [0.3, 0.4) is 0 Å². The van der Waals surface area contributed by atoms with Crippen molar-refractivity contribution in [3.05, 3.63) is 40.4 Å². The first-order valence-corrected chi connectivity index (χ1v) is 6.31. The SMILES string of the molecule is CNc1nc(C)c(Cc2ccc(OC)cc2)s1. The number of nitrogens with one attached hydrogen (secondary N) is 1. The fourth-order valence-corrected chi connectivity index (χ4v) is 2.58. The van der Waals surface area contributed by atoms with Crippen molar-refractivity contribution in [3.8, 4) is 5.75 Å². The van der Waals surface area contributed by atoms with Crippen LogP contribution in [-0.2, 0) is 6.42 Å². The van der Waals surface area contributed by atoms with Gasteiger partial charge in [0.2, 0.25) is 0 Å². The maximum atomic E-state index is 5.14. The molecule has 0 fully saturated rings. The minimum Gasteiger partial charge on any atom is -0.497 e. The van der Waals surface area contributed by atoms with E-state index in [1.807, 2.05) is 19.2 Å². The highest BCUT2D eigenvalue weighted by Gasteiger charge is 2.07. The van der Waals surface area contributed by atoms with Crippen molar-refractivity contribution in [2.45, 2.75) is 13.3 Å². The lowest BCUT2D eigenvalue weighted by molar-refractivity contribution is 0.414. The van der Waals surface area contributed by atoms with Crippen LogP contribution in [0.5, 0.6) is 5.75 Å². The second-order valence-corrected chi connectivity index (χ2v) is 4.89. The average Bonchev–Trinajstić information content (AvgIpc) is 2.71. The van der Waals surface area contributed by atoms with Gasteiger partial charge in [-0.15, -0.1) is 11.3 Å². The van der Waals surface area contributed by atoms with E-state index in [0.717, 1.165) is 23.0 Å². The van der Waals surface area contributed by atoms with Crippen LogP contribution in [0.25, 0.3) is 0 Å². The van der Waals surface area contributed by atoms with Gasteiger partial charge in [0, 0.05) is 18.3 Å². The van der Waals surface area contributed by atoms with Crippen molar-refractivity contribution < 1.29 is 4.74 Å². The van der Waals surface area contributed by atoms with Gasteiger partial charge in [0.05, 0.1) is 12.8 Å². The van der Waals surface area contributed by atoms with Crippen molar-refractivity contribution >= 4 is 16.5 Å². The van der Waals surface area contributed by atoms with Gasteiger partial charge < -0.3 is 10.1 Å². The molecule has 0 saturated carbocycles. The molecule has 0 saturated heterocycles. The first kappa shape index (κ1) is 11.9. The Morgan fingerprint density at radius 3 is 2.53 bits per heavy atom. The Kier molecular flexibility index (Phi) is 3.64. The highest BCUT2D eigenvalue weighted by Crippen LogP contribution is 2.25. The standard InChI is InChI=1S/C13H16N2OS/c1-9-12(17-13(14-2)15-9)8-10-4-6-11(16-3)7-5-10/h4-7H,8H2,1-3H3,(H,14,15). The molecule has 0 amide bonds. The van der Waals surface area contributed by atoms with E-state index >= 15 is 0 Å². The van der Waals surface area contributed by atoms with E-state index in [0.29, 0.717) is 0 Å². The number of ether oxygens (including phenoxy) is 1. The summed E-state index contributed by atoms with van der Waals surface area (Å²) in [5.41, 5.74) is 2.38. The van der Waals surface area contributed by atoms with Crippen LogP contribution in [0, 0.1) is 6.92 Å². The van der Waals surface area contributed by atoms with Gasteiger partial charge in [-0.2, -0.15) is 0 Å². The number of hydrogen-bond donors (Lipinski definition) is 1. The molecule has 90 valence electrons. The van der Waals surface area contributed by atoms with Gasteiger partial charge in [-0.1, -0.05) is 12.1 Å². The quantitative estimate of drug-likeness (QED) is 0.902. The molecule has 1 heterocycles. The van der Waals surface area contributed by atoms with E-state index in [4.69, 9.17) is 4.74 Å². The first-order valence-electron chi connectivity index (χ1n) is 5.50. The molecule has 0 spiro atoms. The van der Waals surface area contributed by atoms with Gasteiger partial charge in [0.15, 0.2) is 5.13 Å². The molecule has 3 nitrogen and oxygen atoms in total. The largest absolute Gasteiger partial charge is 0.497 e. The second kappa shape index (κ2) is 5.19. The summed E-state index contributed by atoms with van der Waals surface area (Å²) < 4.78 is 5.14. The highest BCUT2D eigenvalue weighted by atomic mass is 32.1. The Morgan fingerprint density at radius 2 is 2.00 bits per heavy atom. The minimum absolute atomic E-state index is 0.894. The molecule has 0 bridgehead atoms. The summed E-state index contributed by atoms with van der Waals surface area (Å²) in [7, 11) is 3.58. The fraction of sp³-hybridized carbons (Fsp3) is 0.308. The zero-order chi connectivity index (χ0) is 12.3. The normalized spacial score (nSPS) is 10.3. The maximum Gasteiger partial charge on any atom is 0.182 e. The Hall–Kier alpha value is -1.55. The second-order valence-electron chi connectivity index (χ2n) is 3.80. The number of methoxy groups -OCH3 is 1. The van der Waals surface area contributed by atoms with Crippen molar-refractivity contribution in [2.75, 3.05) is 19.5 Å². The highest BCUT2D eigenvalue weighted by molar-refractivity contribution is 7.15. The molecule has 1 N–H and O–H groups in total. The molecule has 0 radical (unpaired) electrons. The molecule has 2 rings (SSSR count). The summed E-state index contributed by atoms with van der Waals surface area (Å²) in [6, 6.07) is 8.17. The molecule has 0 atom stereocenters. The van der Waals surface area contributed by atoms with Gasteiger partial charge in [0.25, 0.3) is 0 Å². The van der Waals surface area contributed by atoms with Crippen LogP contribution < -0.4 is 10.1 Å². The third-order valence-electron chi connectivity index (χ3n) is 2.63. The molecule has 1 aromatic heterocycles. The van der Waals surface area contributed by atoms with Crippen molar-refractivity contribution in [1.29, 1.82) is 0 Å². The number of hydrogen-bond acceptors (Lipinski definition) is 4. The van der Waals surface area contributed by atoms with Crippen molar-refractivity contribution in [1.82, 2.24) is 4.98 Å². The van der Waals surface area contributed by atoms with E-state index in [1.54, 1.807) is 18.4 Å². The lowest BCUT2D eigenvalue weighted by Crippen LogP contribution is -1.88. The van der Waals surface area contributed by atoms with Gasteiger partial charge in [-0.3, -0.25) is 0 Å². The topological polar surface area (TPSA) is 34.2 Å². The van der Waals surface area contributed by atoms with E-state index in [-0.39, 0.29) is 0 Å². The number of anilines is 1. The predicted octanol–water partition coefficient (Wildman–Crippen LogP) is 3.09. The van der Waals surface area contributed by atoms with E-state index in [2.05, 4.69) is 29.4 Å². The molecule has 0 unspecified atom stereocenters. The first-order chi connectivity index (χ1) is 8.22. The van der Waals surface area contributed by atoms with Crippen LogP contribution in [0.4, 0.5) is 5.13 Å². The Labute approximate surface area is 105 Å². The monoisotopic (exact) mass is 248 g/mol. The Morgan fingerprint density at radius 1 is 1.29 bits per heavy atom. The molecule has 1 aromatic carbocycles. The van der Waals surface area contributed by atoms with Gasteiger partial charge in [-0.25, -0.2) is 4.98 Å². The maximum absolute atomic E-state index is 5.14. The lowest BCUT2D eigenvalue weighted by Gasteiger charge is -2.02. The van der Waals surface area contributed by atoms with Crippen molar-refractivity contribution in [2.24, 2.45) is 0 Å². The summed E-state index contributed by atoms with van der Waals surface area (Å²) in [5, 5.41) is 4.06. The molecule has 2 aromatic rings. The van der Waals surface area contributed by atoms with Gasteiger partial charge >= 0.3 is 0 Å². The molecule has 0 aliphatic heterocycles. The lowest BCUT2D eigenvalue weighted by atomic mass is 10.1. The number of nitrogens with zero attached hydrogens (tertiary/aromatic N) is 1. The third-order valence-corrected chi connectivity index (χ3v) is 3.81. The fourth-order valence-electron chi connectivity index (χ4n) is 1.63. The van der Waals surface area contributed by atoms with Crippen LogP contribution in [0.1, 0.15) is 16.1 Å². The summed E-state index contributed by atoms with van der Waals surface area (Å²) in [6.45, 7) is 2.05. The van der Waals surface area contributed by atoms with Gasteiger partial charge in [0.1, 0.15) is 5.75 Å². The van der Waals surface area contributed by atoms with Crippen LogP contribution in [-0.4, -0.2) is 19.1 Å². The molecule has 4 heteroatoms. The number of aromatic nitrogens is 1. The zero-order valence-electron chi connectivity index (χ0n) is 10.3. The van der Waals surface area contributed by atoms with Crippen LogP contribution >= 0.6 is 11.3 Å². The smallest absolute Gasteiger partial charge is 0.182 e.